The Kier molecular flexibility index (Phi) is 5.87. The topological polar surface area (TPSA) is 48.0 Å². The van der Waals surface area contributed by atoms with Crippen LogP contribution in [0.4, 0.5) is 0 Å². The molecular weight excluding hydrogens is 270 g/mol. The molecule has 0 radical (unpaired) electrons. The van der Waals surface area contributed by atoms with Gasteiger partial charge in [-0.2, -0.15) is 0 Å². The van der Waals surface area contributed by atoms with Crippen LogP contribution in [0.15, 0.2) is 24.3 Å². The van der Waals surface area contributed by atoms with Gasteiger partial charge in [0, 0.05) is 13.1 Å². The summed E-state index contributed by atoms with van der Waals surface area (Å²) in [5.74, 6) is 1.39. The van der Waals surface area contributed by atoms with Crippen molar-refractivity contribution in [3.05, 3.63) is 24.3 Å². The Balaban J connectivity index is 1.80. The number of carbonyl (C=O) groups excluding carboxylic acids is 1. The molecule has 1 aromatic rings. The first kappa shape index (κ1) is 15.6. The zero-order chi connectivity index (χ0) is 15.1. The van der Waals surface area contributed by atoms with Gasteiger partial charge in [-0.15, -0.1) is 0 Å². The number of hydrogen-bond donors (Lipinski definition) is 0. The minimum Gasteiger partial charge on any atom is -0.493 e. The molecule has 0 atom stereocenters. The van der Waals surface area contributed by atoms with E-state index in [2.05, 4.69) is 4.90 Å². The number of benzene rings is 1. The minimum absolute atomic E-state index is 0.151. The molecule has 1 heterocycles. The number of piperidine rings is 1. The van der Waals surface area contributed by atoms with Gasteiger partial charge in [-0.3, -0.25) is 9.69 Å². The lowest BCUT2D eigenvalue weighted by Gasteiger charge is -2.31. The van der Waals surface area contributed by atoms with E-state index < -0.39 is 0 Å². The fourth-order valence-corrected chi connectivity index (χ4v) is 2.47. The maximum Gasteiger partial charge on any atom is 0.320 e. The Morgan fingerprint density at radius 3 is 2.52 bits per heavy atom. The van der Waals surface area contributed by atoms with Crippen LogP contribution in [0.1, 0.15) is 19.8 Å². The standard InChI is InChI=1S/C16H23NO4/c1-3-20-16(18)12-17-10-8-13(9-11-17)21-15-7-5-4-6-14(15)19-2/h4-7,13H,3,8-12H2,1-2H3. The van der Waals surface area contributed by atoms with Crippen LogP contribution in [0, 0.1) is 0 Å². The molecule has 0 amide bonds. The first-order valence-electron chi connectivity index (χ1n) is 7.40. The Bertz CT molecular complexity index is 455. The van der Waals surface area contributed by atoms with E-state index in [4.69, 9.17) is 14.2 Å². The number of esters is 1. The van der Waals surface area contributed by atoms with Crippen LogP contribution in [0.5, 0.6) is 11.5 Å². The van der Waals surface area contributed by atoms with Crippen molar-refractivity contribution in [2.45, 2.75) is 25.9 Å². The fourth-order valence-electron chi connectivity index (χ4n) is 2.47. The van der Waals surface area contributed by atoms with Crippen LogP contribution in [0.25, 0.3) is 0 Å². The lowest BCUT2D eigenvalue weighted by Crippen LogP contribution is -2.41. The van der Waals surface area contributed by atoms with Gasteiger partial charge < -0.3 is 14.2 Å². The van der Waals surface area contributed by atoms with E-state index in [1.165, 1.54) is 0 Å². The molecule has 5 nitrogen and oxygen atoms in total. The van der Waals surface area contributed by atoms with Gasteiger partial charge in [0.25, 0.3) is 0 Å². The molecule has 1 aliphatic rings. The molecule has 2 rings (SSSR count). The molecule has 116 valence electrons. The zero-order valence-electron chi connectivity index (χ0n) is 12.7. The molecule has 0 spiro atoms. The summed E-state index contributed by atoms with van der Waals surface area (Å²) in [4.78, 5) is 13.6. The van der Waals surface area contributed by atoms with Crippen molar-refractivity contribution in [1.82, 2.24) is 4.90 Å². The Morgan fingerprint density at radius 2 is 1.90 bits per heavy atom. The van der Waals surface area contributed by atoms with E-state index in [9.17, 15) is 4.79 Å². The summed E-state index contributed by atoms with van der Waals surface area (Å²) in [7, 11) is 1.64. The zero-order valence-corrected chi connectivity index (χ0v) is 12.7. The Morgan fingerprint density at radius 1 is 1.24 bits per heavy atom. The highest BCUT2D eigenvalue weighted by Gasteiger charge is 2.23. The molecular formula is C16H23NO4. The van der Waals surface area contributed by atoms with Crippen molar-refractivity contribution in [3.63, 3.8) is 0 Å². The van der Waals surface area contributed by atoms with Crippen molar-refractivity contribution < 1.29 is 19.0 Å². The molecule has 1 saturated heterocycles. The summed E-state index contributed by atoms with van der Waals surface area (Å²) in [5.41, 5.74) is 0. The normalized spacial score (nSPS) is 16.5. The van der Waals surface area contributed by atoms with E-state index in [1.807, 2.05) is 31.2 Å². The molecule has 1 fully saturated rings. The maximum absolute atomic E-state index is 11.5. The average molecular weight is 293 g/mol. The predicted molar refractivity (Wildman–Crippen MR) is 79.7 cm³/mol. The smallest absolute Gasteiger partial charge is 0.320 e. The van der Waals surface area contributed by atoms with Crippen LogP contribution in [-0.4, -0.2) is 50.3 Å². The Labute approximate surface area is 125 Å². The molecule has 5 heteroatoms. The van der Waals surface area contributed by atoms with Gasteiger partial charge in [0.2, 0.25) is 0 Å². The van der Waals surface area contributed by atoms with Crippen LogP contribution in [0.2, 0.25) is 0 Å². The summed E-state index contributed by atoms with van der Waals surface area (Å²) < 4.78 is 16.3. The highest BCUT2D eigenvalue weighted by molar-refractivity contribution is 5.71. The Hall–Kier alpha value is -1.75. The quantitative estimate of drug-likeness (QED) is 0.752. The summed E-state index contributed by atoms with van der Waals surface area (Å²) >= 11 is 0. The van der Waals surface area contributed by atoms with Crippen molar-refractivity contribution >= 4 is 5.97 Å². The summed E-state index contributed by atoms with van der Waals surface area (Å²) in [6, 6.07) is 7.68. The summed E-state index contributed by atoms with van der Waals surface area (Å²) in [6.45, 7) is 4.32. The molecule has 0 saturated carbocycles. The van der Waals surface area contributed by atoms with E-state index in [-0.39, 0.29) is 12.1 Å². The second kappa shape index (κ2) is 7.88. The highest BCUT2D eigenvalue weighted by atomic mass is 16.5. The van der Waals surface area contributed by atoms with Gasteiger partial charge in [-0.1, -0.05) is 12.1 Å². The van der Waals surface area contributed by atoms with E-state index in [0.29, 0.717) is 13.2 Å². The average Bonchev–Trinajstić information content (AvgIpc) is 2.50. The number of rotatable bonds is 6. The van der Waals surface area contributed by atoms with Gasteiger partial charge in [0.1, 0.15) is 6.10 Å². The molecule has 0 aromatic heterocycles. The third kappa shape index (κ3) is 4.63. The van der Waals surface area contributed by atoms with Gasteiger partial charge in [-0.05, 0) is 31.9 Å². The van der Waals surface area contributed by atoms with Crippen LogP contribution >= 0.6 is 0 Å². The molecule has 1 aliphatic heterocycles. The first-order valence-corrected chi connectivity index (χ1v) is 7.40. The number of carbonyl (C=O) groups is 1. The van der Waals surface area contributed by atoms with E-state index in [0.717, 1.165) is 37.4 Å². The number of methoxy groups -OCH3 is 1. The van der Waals surface area contributed by atoms with Crippen LogP contribution in [-0.2, 0) is 9.53 Å². The third-order valence-corrected chi connectivity index (χ3v) is 3.56. The second-order valence-corrected chi connectivity index (χ2v) is 5.05. The molecule has 21 heavy (non-hydrogen) atoms. The molecule has 0 N–H and O–H groups in total. The van der Waals surface area contributed by atoms with Gasteiger partial charge in [0.15, 0.2) is 11.5 Å². The van der Waals surface area contributed by atoms with E-state index in [1.54, 1.807) is 7.11 Å². The van der Waals surface area contributed by atoms with E-state index >= 15 is 0 Å². The van der Waals surface area contributed by atoms with Gasteiger partial charge in [0.05, 0.1) is 20.3 Å². The van der Waals surface area contributed by atoms with Crippen LogP contribution < -0.4 is 9.47 Å². The highest BCUT2D eigenvalue weighted by Crippen LogP contribution is 2.28. The summed E-state index contributed by atoms with van der Waals surface area (Å²) in [5, 5.41) is 0. The third-order valence-electron chi connectivity index (χ3n) is 3.56. The van der Waals surface area contributed by atoms with Crippen molar-refractivity contribution in [2.24, 2.45) is 0 Å². The van der Waals surface area contributed by atoms with Crippen molar-refractivity contribution in [3.8, 4) is 11.5 Å². The van der Waals surface area contributed by atoms with Crippen molar-refractivity contribution in [1.29, 1.82) is 0 Å². The number of para-hydroxylation sites is 2. The minimum atomic E-state index is -0.151. The predicted octanol–water partition coefficient (Wildman–Crippen LogP) is 2.10. The first-order chi connectivity index (χ1) is 10.2. The van der Waals surface area contributed by atoms with Crippen molar-refractivity contribution in [2.75, 3.05) is 33.4 Å². The second-order valence-electron chi connectivity index (χ2n) is 5.05. The SMILES string of the molecule is CCOC(=O)CN1CCC(Oc2ccccc2OC)CC1. The lowest BCUT2D eigenvalue weighted by molar-refractivity contribution is -0.144. The van der Waals surface area contributed by atoms with Crippen LogP contribution in [0.3, 0.4) is 0 Å². The number of likely N-dealkylation sites (tertiary alicyclic amines) is 1. The lowest BCUT2D eigenvalue weighted by atomic mass is 10.1. The molecule has 0 aliphatic carbocycles. The van der Waals surface area contributed by atoms with Gasteiger partial charge >= 0.3 is 5.97 Å². The molecule has 0 bridgehead atoms. The monoisotopic (exact) mass is 293 g/mol. The van der Waals surface area contributed by atoms with Gasteiger partial charge in [-0.25, -0.2) is 0 Å². The fraction of sp³-hybridized carbons (Fsp3) is 0.562. The molecule has 1 aromatic carbocycles. The summed E-state index contributed by atoms with van der Waals surface area (Å²) in [6.07, 6.45) is 1.97. The number of nitrogens with zero attached hydrogens (tertiary/aromatic N) is 1. The number of ether oxygens (including phenoxy) is 3. The number of hydrogen-bond acceptors (Lipinski definition) is 5. The maximum atomic E-state index is 11.5. The largest absolute Gasteiger partial charge is 0.493 e. The molecule has 0 unspecified atom stereocenters.